The van der Waals surface area contributed by atoms with Crippen molar-refractivity contribution in [3.8, 4) is 17.0 Å². The Morgan fingerprint density at radius 1 is 0.970 bits per heavy atom. The molecule has 0 unspecified atom stereocenters. The topological polar surface area (TPSA) is 39.1 Å². The molecule has 1 aromatic heterocycles. The maximum Gasteiger partial charge on any atom is 0.136 e. The van der Waals surface area contributed by atoms with Crippen LogP contribution in [0.25, 0.3) is 22.2 Å². The highest BCUT2D eigenvalue weighted by atomic mass is 79.9. The van der Waals surface area contributed by atoms with E-state index < -0.39 is 0 Å². The zero-order valence-corrected chi connectivity index (χ0v) is 20.4. The molecule has 1 N–H and O–H groups in total. The fraction of sp³-hybridized carbons (Fsp3) is 0.296. The van der Waals surface area contributed by atoms with E-state index in [9.17, 15) is 4.39 Å². The number of aryl methyl sites for hydroxylation is 1. The second-order valence-corrected chi connectivity index (χ2v) is 9.12. The molecule has 4 rings (SSSR count). The molecule has 0 aliphatic heterocycles. The first kappa shape index (κ1) is 23.5. The van der Waals surface area contributed by atoms with Gasteiger partial charge in [-0.3, -0.25) is 4.68 Å². The fourth-order valence-electron chi connectivity index (χ4n) is 3.93. The molecule has 172 valence electrons. The van der Waals surface area contributed by atoms with Crippen LogP contribution in [0.3, 0.4) is 0 Å². The molecule has 0 fully saturated rings. The molecule has 4 aromatic rings. The molecule has 0 aliphatic rings. The molecule has 0 spiro atoms. The second-order valence-electron chi connectivity index (χ2n) is 8.20. The Morgan fingerprint density at radius 2 is 1.79 bits per heavy atom. The molecular formula is C27H29BrFN3O. The zero-order chi connectivity index (χ0) is 23.0. The van der Waals surface area contributed by atoms with Crippen LogP contribution < -0.4 is 10.1 Å². The summed E-state index contributed by atoms with van der Waals surface area (Å²) < 4.78 is 23.4. The normalized spacial score (nSPS) is 11.2. The van der Waals surface area contributed by atoms with Gasteiger partial charge in [0.2, 0.25) is 0 Å². The number of halogens is 2. The van der Waals surface area contributed by atoms with Crippen LogP contribution in [0.5, 0.6) is 5.75 Å². The van der Waals surface area contributed by atoms with Crippen LogP contribution in [0.1, 0.15) is 31.2 Å². The summed E-state index contributed by atoms with van der Waals surface area (Å²) in [6.45, 7) is 2.52. The number of fused-ring (bicyclic) bond motifs is 1. The minimum atomic E-state index is -0.320. The number of hydrogen-bond donors (Lipinski definition) is 1. The van der Waals surface area contributed by atoms with Crippen LogP contribution in [0, 0.1) is 5.82 Å². The average Bonchev–Trinajstić information content (AvgIpc) is 3.14. The molecule has 0 bridgehead atoms. The summed E-state index contributed by atoms with van der Waals surface area (Å²) >= 11 is 3.48. The van der Waals surface area contributed by atoms with Crippen molar-refractivity contribution in [2.45, 2.75) is 32.2 Å². The van der Waals surface area contributed by atoms with Crippen molar-refractivity contribution in [2.75, 3.05) is 13.2 Å². The summed E-state index contributed by atoms with van der Waals surface area (Å²) in [6.07, 6.45) is 4.36. The first-order valence-electron chi connectivity index (χ1n) is 11.4. The number of rotatable bonds is 11. The highest BCUT2D eigenvalue weighted by Gasteiger charge is 2.15. The Kier molecular flexibility index (Phi) is 8.13. The van der Waals surface area contributed by atoms with E-state index in [2.05, 4.69) is 50.6 Å². The quantitative estimate of drug-likeness (QED) is 0.224. The van der Waals surface area contributed by atoms with Gasteiger partial charge >= 0.3 is 0 Å². The predicted molar refractivity (Wildman–Crippen MR) is 136 cm³/mol. The maximum atomic E-state index is 14.9. The molecule has 0 aliphatic carbocycles. The van der Waals surface area contributed by atoms with Crippen LogP contribution >= 0.6 is 15.9 Å². The van der Waals surface area contributed by atoms with E-state index in [1.165, 1.54) is 11.6 Å². The number of nitrogens with zero attached hydrogens (tertiary/aromatic N) is 2. The Morgan fingerprint density at radius 3 is 2.61 bits per heavy atom. The predicted octanol–water partition coefficient (Wildman–Crippen LogP) is 6.87. The Balaban J connectivity index is 1.20. The molecule has 0 radical (unpaired) electrons. The van der Waals surface area contributed by atoms with Gasteiger partial charge in [0.1, 0.15) is 17.3 Å². The number of aromatic nitrogens is 2. The molecule has 0 saturated heterocycles. The highest BCUT2D eigenvalue weighted by Crippen LogP contribution is 2.32. The van der Waals surface area contributed by atoms with Crippen molar-refractivity contribution in [2.24, 2.45) is 7.05 Å². The Bertz CT molecular complexity index is 1190. The summed E-state index contributed by atoms with van der Waals surface area (Å²) in [5.41, 5.74) is 3.39. The first-order chi connectivity index (χ1) is 16.1. The van der Waals surface area contributed by atoms with E-state index in [0.717, 1.165) is 54.1 Å². The lowest BCUT2D eigenvalue weighted by Gasteiger charge is -2.08. The lowest BCUT2D eigenvalue weighted by molar-refractivity contribution is 0.303. The van der Waals surface area contributed by atoms with Crippen molar-refractivity contribution in [3.05, 3.63) is 82.6 Å². The third-order valence-electron chi connectivity index (χ3n) is 5.70. The van der Waals surface area contributed by atoms with Gasteiger partial charge in [0, 0.05) is 35.1 Å². The van der Waals surface area contributed by atoms with Crippen LogP contribution in [0.2, 0.25) is 0 Å². The Labute approximate surface area is 202 Å². The van der Waals surface area contributed by atoms with Crippen molar-refractivity contribution in [1.82, 2.24) is 15.1 Å². The maximum absolute atomic E-state index is 14.9. The van der Waals surface area contributed by atoms with Crippen LogP contribution in [0.15, 0.2) is 71.2 Å². The first-order valence-corrected chi connectivity index (χ1v) is 12.2. The van der Waals surface area contributed by atoms with Crippen LogP contribution in [-0.2, 0) is 13.6 Å². The number of ether oxygens (including phenoxy) is 1. The monoisotopic (exact) mass is 509 g/mol. The minimum absolute atomic E-state index is 0.320. The van der Waals surface area contributed by atoms with E-state index in [1.807, 2.05) is 37.4 Å². The van der Waals surface area contributed by atoms with Gasteiger partial charge in [-0.1, -0.05) is 59.1 Å². The Hall–Kier alpha value is -2.70. The summed E-state index contributed by atoms with van der Waals surface area (Å²) in [7, 11) is 1.87. The van der Waals surface area contributed by atoms with Gasteiger partial charge in [-0.25, -0.2) is 4.39 Å². The third-order valence-corrected chi connectivity index (χ3v) is 6.19. The summed E-state index contributed by atoms with van der Waals surface area (Å²) in [5.74, 6) is 0.240. The highest BCUT2D eigenvalue weighted by molar-refractivity contribution is 9.10. The molecule has 33 heavy (non-hydrogen) atoms. The van der Waals surface area contributed by atoms with Gasteiger partial charge in [-0.2, -0.15) is 5.10 Å². The number of unbranched alkanes of at least 4 members (excludes halogenated alkanes) is 3. The van der Waals surface area contributed by atoms with Crippen LogP contribution in [-0.4, -0.2) is 22.9 Å². The SMILES string of the molecule is Cn1nc(-c2ccc(OCCCCCCNCc3ccccc3)cc2F)c2ccc(Br)cc21. The second kappa shape index (κ2) is 11.4. The molecule has 1 heterocycles. The lowest BCUT2D eigenvalue weighted by atomic mass is 10.1. The number of hydrogen-bond acceptors (Lipinski definition) is 3. The van der Waals surface area contributed by atoms with Gasteiger partial charge in [0.05, 0.1) is 12.1 Å². The zero-order valence-electron chi connectivity index (χ0n) is 18.9. The van der Waals surface area contributed by atoms with E-state index in [1.54, 1.807) is 10.7 Å². The molecule has 0 atom stereocenters. The molecular weight excluding hydrogens is 481 g/mol. The van der Waals surface area contributed by atoms with E-state index in [4.69, 9.17) is 4.74 Å². The third kappa shape index (κ3) is 6.21. The average molecular weight is 510 g/mol. The summed E-state index contributed by atoms with van der Waals surface area (Å²) in [4.78, 5) is 0. The van der Waals surface area contributed by atoms with E-state index >= 15 is 0 Å². The van der Waals surface area contributed by atoms with Crippen molar-refractivity contribution < 1.29 is 9.13 Å². The lowest BCUT2D eigenvalue weighted by Crippen LogP contribution is -2.14. The van der Waals surface area contributed by atoms with Gasteiger partial charge in [0.25, 0.3) is 0 Å². The summed E-state index contributed by atoms with van der Waals surface area (Å²) in [6, 6.07) is 21.4. The van der Waals surface area contributed by atoms with Crippen LogP contribution in [0.4, 0.5) is 4.39 Å². The standard InChI is InChI=1S/C27H29BrFN3O/c1-32-26-17-21(28)11-13-24(26)27(31-32)23-14-12-22(18-25(23)29)33-16-8-3-2-7-15-30-19-20-9-5-4-6-10-20/h4-6,9-14,17-18,30H,2-3,7-8,15-16,19H2,1H3. The smallest absolute Gasteiger partial charge is 0.136 e. The molecule has 3 aromatic carbocycles. The van der Waals surface area contributed by atoms with Crippen molar-refractivity contribution in [1.29, 1.82) is 0 Å². The van der Waals surface area contributed by atoms with Crippen molar-refractivity contribution in [3.63, 3.8) is 0 Å². The van der Waals surface area contributed by atoms with Gasteiger partial charge in [0.15, 0.2) is 0 Å². The molecule has 0 amide bonds. The van der Waals surface area contributed by atoms with Gasteiger partial charge in [-0.15, -0.1) is 0 Å². The minimum Gasteiger partial charge on any atom is -0.493 e. The fourth-order valence-corrected chi connectivity index (χ4v) is 4.28. The molecule has 4 nitrogen and oxygen atoms in total. The van der Waals surface area contributed by atoms with E-state index in [0.29, 0.717) is 23.6 Å². The molecule has 0 saturated carbocycles. The van der Waals surface area contributed by atoms with Crippen molar-refractivity contribution >= 4 is 26.8 Å². The molecule has 6 heteroatoms. The number of nitrogens with one attached hydrogen (secondary N) is 1. The van der Waals surface area contributed by atoms with Gasteiger partial charge < -0.3 is 10.1 Å². The summed E-state index contributed by atoms with van der Waals surface area (Å²) in [5, 5.41) is 8.94. The number of benzene rings is 3. The van der Waals surface area contributed by atoms with Gasteiger partial charge in [-0.05, 0) is 55.3 Å². The van der Waals surface area contributed by atoms with E-state index in [-0.39, 0.29) is 5.82 Å². The largest absolute Gasteiger partial charge is 0.493 e.